The van der Waals surface area contributed by atoms with Crippen LogP contribution in [-0.4, -0.2) is 12.6 Å². The van der Waals surface area contributed by atoms with Crippen molar-refractivity contribution in [2.75, 3.05) is 6.61 Å². The van der Waals surface area contributed by atoms with Gasteiger partial charge >= 0.3 is 5.97 Å². The number of carbonyl (C=O) groups is 1. The van der Waals surface area contributed by atoms with E-state index in [4.69, 9.17) is 4.74 Å². The van der Waals surface area contributed by atoms with Gasteiger partial charge in [0.25, 0.3) is 0 Å². The summed E-state index contributed by atoms with van der Waals surface area (Å²) in [6, 6.07) is 17.6. The van der Waals surface area contributed by atoms with Crippen LogP contribution in [-0.2, 0) is 22.4 Å². The molecule has 0 unspecified atom stereocenters. The van der Waals surface area contributed by atoms with Gasteiger partial charge in [0.1, 0.15) is 0 Å². The summed E-state index contributed by atoms with van der Waals surface area (Å²) >= 11 is 0. The van der Waals surface area contributed by atoms with Crippen molar-refractivity contribution in [2.24, 2.45) is 5.41 Å². The number of nitrogens with zero attached hydrogens (tertiary/aromatic N) is 1. The van der Waals surface area contributed by atoms with Crippen LogP contribution in [0.1, 0.15) is 29.2 Å². The molecule has 2 aromatic rings. The SMILES string of the molecule is C=Cc1ccc(CC(C#N)(Cc2ccc(C=C)cc2)C(=O)OCC)cc1. The molecule has 0 atom stereocenters. The minimum atomic E-state index is -1.26. The van der Waals surface area contributed by atoms with Crippen molar-refractivity contribution >= 4 is 18.1 Å². The topological polar surface area (TPSA) is 50.1 Å². The summed E-state index contributed by atoms with van der Waals surface area (Å²) in [7, 11) is 0. The summed E-state index contributed by atoms with van der Waals surface area (Å²) in [5, 5.41) is 9.91. The Balaban J connectivity index is 2.35. The van der Waals surface area contributed by atoms with E-state index >= 15 is 0 Å². The van der Waals surface area contributed by atoms with Gasteiger partial charge in [0.2, 0.25) is 0 Å². The highest BCUT2D eigenvalue weighted by Crippen LogP contribution is 2.30. The number of hydrogen-bond donors (Lipinski definition) is 0. The Kier molecular flexibility index (Phi) is 6.52. The first kappa shape index (κ1) is 19.2. The quantitative estimate of drug-likeness (QED) is 0.644. The molecule has 0 radical (unpaired) electrons. The maximum absolute atomic E-state index is 12.7. The molecule has 0 bridgehead atoms. The van der Waals surface area contributed by atoms with Crippen molar-refractivity contribution in [1.82, 2.24) is 0 Å². The van der Waals surface area contributed by atoms with E-state index in [2.05, 4.69) is 19.2 Å². The van der Waals surface area contributed by atoms with Crippen LogP contribution in [0.25, 0.3) is 12.2 Å². The molecule has 3 heteroatoms. The molecule has 3 nitrogen and oxygen atoms in total. The van der Waals surface area contributed by atoms with Gasteiger partial charge in [-0.25, -0.2) is 0 Å². The van der Waals surface area contributed by atoms with Gasteiger partial charge in [-0.05, 0) is 29.2 Å². The Labute approximate surface area is 155 Å². The Bertz CT molecular complexity index is 757. The third kappa shape index (κ3) is 4.49. The van der Waals surface area contributed by atoms with Gasteiger partial charge < -0.3 is 4.74 Å². The third-order valence-electron chi connectivity index (χ3n) is 4.32. The Hall–Kier alpha value is -3.12. The predicted octanol–water partition coefficient (Wildman–Crippen LogP) is 4.83. The van der Waals surface area contributed by atoms with Crippen LogP contribution in [0, 0.1) is 16.7 Å². The number of nitriles is 1. The molecule has 0 N–H and O–H groups in total. The molecular formula is C23H23NO2. The first-order chi connectivity index (χ1) is 12.6. The van der Waals surface area contributed by atoms with Gasteiger partial charge in [0.15, 0.2) is 5.41 Å². The van der Waals surface area contributed by atoms with Crippen LogP contribution in [0.3, 0.4) is 0 Å². The second-order valence-corrected chi connectivity index (χ2v) is 6.16. The molecule has 0 aliphatic rings. The van der Waals surface area contributed by atoms with Gasteiger partial charge in [-0.2, -0.15) is 5.26 Å². The zero-order chi connectivity index (χ0) is 19.0. The Morgan fingerprint density at radius 2 is 1.42 bits per heavy atom. The number of hydrogen-bond acceptors (Lipinski definition) is 3. The van der Waals surface area contributed by atoms with E-state index in [-0.39, 0.29) is 6.61 Å². The molecule has 132 valence electrons. The molecule has 2 rings (SSSR count). The zero-order valence-electron chi connectivity index (χ0n) is 15.1. The highest BCUT2D eigenvalue weighted by atomic mass is 16.5. The van der Waals surface area contributed by atoms with Gasteiger partial charge in [0.05, 0.1) is 12.7 Å². The van der Waals surface area contributed by atoms with Crippen LogP contribution < -0.4 is 0 Å². The fourth-order valence-electron chi connectivity index (χ4n) is 2.84. The molecule has 0 aliphatic carbocycles. The molecule has 26 heavy (non-hydrogen) atoms. The molecule has 0 saturated heterocycles. The lowest BCUT2D eigenvalue weighted by Crippen LogP contribution is -2.36. The Morgan fingerprint density at radius 1 is 1.00 bits per heavy atom. The van der Waals surface area contributed by atoms with Gasteiger partial charge in [-0.15, -0.1) is 0 Å². The Morgan fingerprint density at radius 3 is 1.73 bits per heavy atom. The van der Waals surface area contributed by atoms with Crippen molar-refractivity contribution < 1.29 is 9.53 Å². The maximum atomic E-state index is 12.7. The minimum absolute atomic E-state index is 0.243. The number of carbonyl (C=O) groups excluding carboxylic acids is 1. The lowest BCUT2D eigenvalue weighted by Gasteiger charge is -2.25. The van der Waals surface area contributed by atoms with Crippen LogP contribution in [0.2, 0.25) is 0 Å². The smallest absolute Gasteiger partial charge is 0.327 e. The van der Waals surface area contributed by atoms with E-state index in [1.54, 1.807) is 19.1 Å². The first-order valence-electron chi connectivity index (χ1n) is 8.58. The van der Waals surface area contributed by atoms with E-state index in [1.807, 2.05) is 48.5 Å². The van der Waals surface area contributed by atoms with Crippen molar-refractivity contribution in [3.63, 3.8) is 0 Å². The summed E-state index contributed by atoms with van der Waals surface area (Å²) in [6.07, 6.45) is 4.10. The minimum Gasteiger partial charge on any atom is -0.465 e. The summed E-state index contributed by atoms with van der Waals surface area (Å²) in [5.74, 6) is -0.483. The number of esters is 1. The summed E-state index contributed by atoms with van der Waals surface area (Å²) in [4.78, 5) is 12.7. The molecular weight excluding hydrogens is 322 g/mol. The number of ether oxygens (including phenoxy) is 1. The van der Waals surface area contributed by atoms with Crippen LogP contribution in [0.5, 0.6) is 0 Å². The summed E-state index contributed by atoms with van der Waals surface area (Å²) in [6.45, 7) is 9.47. The van der Waals surface area contributed by atoms with Crippen molar-refractivity contribution in [3.05, 3.63) is 83.9 Å². The standard InChI is InChI=1S/C23H23NO2/c1-4-18-7-11-20(12-8-18)15-23(17-24,22(25)26-6-3)16-21-13-9-19(5-2)10-14-21/h4-5,7-14H,1-2,6,15-16H2,3H3. The van der Waals surface area contributed by atoms with E-state index in [9.17, 15) is 10.1 Å². The molecule has 0 saturated carbocycles. The van der Waals surface area contributed by atoms with E-state index in [0.717, 1.165) is 22.3 Å². The highest BCUT2D eigenvalue weighted by molar-refractivity contribution is 5.81. The summed E-state index contributed by atoms with van der Waals surface area (Å²) < 4.78 is 5.24. The normalized spacial score (nSPS) is 10.6. The van der Waals surface area contributed by atoms with Crippen LogP contribution in [0.4, 0.5) is 0 Å². The number of rotatable bonds is 8. The molecule has 0 aliphatic heterocycles. The average Bonchev–Trinajstić information content (AvgIpc) is 2.68. The molecule has 0 heterocycles. The van der Waals surface area contributed by atoms with Crippen LogP contribution >= 0.6 is 0 Å². The average molecular weight is 345 g/mol. The van der Waals surface area contributed by atoms with Crippen molar-refractivity contribution in [1.29, 1.82) is 5.26 Å². The molecule has 0 aromatic heterocycles. The van der Waals surface area contributed by atoms with Gasteiger partial charge in [0, 0.05) is 12.8 Å². The zero-order valence-corrected chi connectivity index (χ0v) is 15.1. The second kappa shape index (κ2) is 8.82. The monoisotopic (exact) mass is 345 g/mol. The van der Waals surface area contributed by atoms with Crippen molar-refractivity contribution in [2.45, 2.75) is 19.8 Å². The van der Waals surface area contributed by atoms with E-state index in [0.29, 0.717) is 12.8 Å². The van der Waals surface area contributed by atoms with Gasteiger partial charge in [-0.1, -0.05) is 73.8 Å². The summed E-state index contributed by atoms with van der Waals surface area (Å²) in [5.41, 5.74) is 2.54. The lowest BCUT2D eigenvalue weighted by atomic mass is 9.77. The van der Waals surface area contributed by atoms with Crippen molar-refractivity contribution in [3.8, 4) is 6.07 Å². The maximum Gasteiger partial charge on any atom is 0.327 e. The third-order valence-corrected chi connectivity index (χ3v) is 4.32. The first-order valence-corrected chi connectivity index (χ1v) is 8.58. The molecule has 0 fully saturated rings. The fourth-order valence-corrected chi connectivity index (χ4v) is 2.84. The molecule has 0 spiro atoms. The fraction of sp³-hybridized carbons (Fsp3) is 0.217. The molecule has 0 amide bonds. The number of benzene rings is 2. The highest BCUT2D eigenvalue weighted by Gasteiger charge is 2.40. The largest absolute Gasteiger partial charge is 0.465 e. The second-order valence-electron chi connectivity index (χ2n) is 6.16. The van der Waals surface area contributed by atoms with Gasteiger partial charge in [-0.3, -0.25) is 4.79 Å². The van der Waals surface area contributed by atoms with Crippen LogP contribution in [0.15, 0.2) is 61.7 Å². The molecule has 2 aromatic carbocycles. The lowest BCUT2D eigenvalue weighted by molar-refractivity contribution is -0.152. The van der Waals surface area contributed by atoms with E-state index in [1.165, 1.54) is 0 Å². The van der Waals surface area contributed by atoms with E-state index < -0.39 is 11.4 Å². The predicted molar refractivity (Wildman–Crippen MR) is 105 cm³/mol.